The molecule has 3 rings (SSSR count). The molecule has 0 saturated carbocycles. The zero-order valence-corrected chi connectivity index (χ0v) is 16.6. The summed E-state index contributed by atoms with van der Waals surface area (Å²) in [4.78, 5) is 12.8. The highest BCUT2D eigenvalue weighted by molar-refractivity contribution is 8.32. The molecule has 0 bridgehead atoms. The van der Waals surface area contributed by atoms with E-state index in [-0.39, 0.29) is 5.97 Å². The van der Waals surface area contributed by atoms with Gasteiger partial charge in [0.1, 0.15) is 5.75 Å². The quantitative estimate of drug-likeness (QED) is 0.505. The van der Waals surface area contributed by atoms with Crippen LogP contribution < -0.4 is 4.18 Å². The average Bonchev–Trinajstić information content (AvgIpc) is 2.60. The summed E-state index contributed by atoms with van der Waals surface area (Å²) in [6.45, 7) is 2.14. The van der Waals surface area contributed by atoms with Crippen LogP contribution in [-0.2, 0) is 9.53 Å². The summed E-state index contributed by atoms with van der Waals surface area (Å²) in [6.07, 6.45) is 7.45. The maximum atomic E-state index is 11.8. The molecule has 1 aliphatic rings. The number of para-hydroxylation sites is 1. The molecule has 0 spiro atoms. The van der Waals surface area contributed by atoms with Gasteiger partial charge in [-0.2, -0.15) is 0 Å². The Balaban J connectivity index is 2.22. The second-order valence-corrected chi connectivity index (χ2v) is 9.65. The molecule has 1 heterocycles. The maximum absolute atomic E-state index is 11.8. The summed E-state index contributed by atoms with van der Waals surface area (Å²) in [5.74, 6) is 0.496. The van der Waals surface area contributed by atoms with Crippen molar-refractivity contribution in [1.29, 1.82) is 0 Å². The summed E-state index contributed by atoms with van der Waals surface area (Å²) in [5.41, 5.74) is 3.10. The average molecular weight is 389 g/mol. The van der Waals surface area contributed by atoms with Crippen molar-refractivity contribution in [2.45, 2.75) is 6.92 Å². The fourth-order valence-corrected chi connectivity index (χ4v) is 4.81. The molecule has 0 aliphatic carbocycles. The van der Waals surface area contributed by atoms with Crippen LogP contribution in [0.25, 0.3) is 5.57 Å². The van der Waals surface area contributed by atoms with E-state index in [2.05, 4.69) is 12.5 Å². The standard InChI is InChI=1S/C21H21ClO3S/c1-4-24-20(23)14-13-19-21(15-9-11-16(22)12-10-15)17-7-5-6-8-18(17)25-26(19,2)3/h5-14H,4H2,1-3H3. The highest BCUT2D eigenvalue weighted by Gasteiger charge is 2.30. The van der Waals surface area contributed by atoms with Crippen molar-refractivity contribution in [1.82, 2.24) is 0 Å². The summed E-state index contributed by atoms with van der Waals surface area (Å²) < 4.78 is 11.3. The molecule has 26 heavy (non-hydrogen) atoms. The van der Waals surface area contributed by atoms with Gasteiger partial charge >= 0.3 is 5.97 Å². The Kier molecular flexibility index (Phi) is 5.44. The van der Waals surface area contributed by atoms with Crippen molar-refractivity contribution in [2.24, 2.45) is 0 Å². The Hall–Kier alpha value is -2.17. The molecule has 0 N–H and O–H groups in total. The molecule has 3 nitrogen and oxygen atoms in total. The second kappa shape index (κ2) is 7.60. The van der Waals surface area contributed by atoms with E-state index in [0.29, 0.717) is 11.6 Å². The number of hydrogen-bond donors (Lipinski definition) is 0. The first-order valence-electron chi connectivity index (χ1n) is 8.29. The van der Waals surface area contributed by atoms with Crippen molar-refractivity contribution in [3.8, 4) is 5.75 Å². The Labute approximate surface area is 160 Å². The first-order chi connectivity index (χ1) is 12.4. The number of benzene rings is 2. The van der Waals surface area contributed by atoms with Crippen molar-refractivity contribution in [3.63, 3.8) is 0 Å². The minimum Gasteiger partial charge on any atom is -0.463 e. The van der Waals surface area contributed by atoms with E-state index in [0.717, 1.165) is 27.4 Å². The van der Waals surface area contributed by atoms with Crippen LogP contribution in [0.5, 0.6) is 5.75 Å². The molecule has 0 aromatic heterocycles. The third kappa shape index (κ3) is 3.81. The molecule has 2 aromatic rings. The summed E-state index contributed by atoms with van der Waals surface area (Å²) >= 11 is 6.07. The van der Waals surface area contributed by atoms with Gasteiger partial charge in [-0.1, -0.05) is 52.2 Å². The number of ether oxygens (including phenoxy) is 1. The molecule has 0 fully saturated rings. The van der Waals surface area contributed by atoms with Crippen molar-refractivity contribution >= 4 is 33.5 Å². The Bertz CT molecular complexity index is 882. The van der Waals surface area contributed by atoms with Crippen LogP contribution in [0.3, 0.4) is 0 Å². The number of carbonyl (C=O) groups is 1. The summed E-state index contributed by atoms with van der Waals surface area (Å²) in [7, 11) is -1.60. The van der Waals surface area contributed by atoms with Gasteiger partial charge in [0, 0.05) is 39.7 Å². The molecule has 0 unspecified atom stereocenters. The fraction of sp³-hybridized carbons (Fsp3) is 0.190. The molecule has 0 atom stereocenters. The van der Waals surface area contributed by atoms with Gasteiger partial charge in [0.25, 0.3) is 0 Å². The normalized spacial score (nSPS) is 16.8. The van der Waals surface area contributed by atoms with Crippen LogP contribution in [0, 0.1) is 0 Å². The minimum absolute atomic E-state index is 0.349. The first-order valence-corrected chi connectivity index (χ1v) is 11.0. The van der Waals surface area contributed by atoms with Crippen molar-refractivity contribution in [2.75, 3.05) is 19.1 Å². The monoisotopic (exact) mass is 388 g/mol. The van der Waals surface area contributed by atoms with Crippen molar-refractivity contribution in [3.05, 3.63) is 81.7 Å². The molecule has 136 valence electrons. The lowest BCUT2D eigenvalue weighted by Crippen LogP contribution is -2.15. The van der Waals surface area contributed by atoms with Crippen LogP contribution in [-0.4, -0.2) is 25.1 Å². The van der Waals surface area contributed by atoms with E-state index in [4.69, 9.17) is 20.5 Å². The fourth-order valence-electron chi connectivity index (χ4n) is 2.89. The number of carbonyl (C=O) groups excluding carboxylic acids is 1. The largest absolute Gasteiger partial charge is 0.463 e. The molecule has 1 aliphatic heterocycles. The predicted octanol–water partition coefficient (Wildman–Crippen LogP) is 5.59. The van der Waals surface area contributed by atoms with Crippen LogP contribution >= 0.6 is 21.9 Å². The number of esters is 1. The lowest BCUT2D eigenvalue weighted by Gasteiger charge is -2.39. The Morgan fingerprint density at radius 1 is 1.15 bits per heavy atom. The predicted molar refractivity (Wildman–Crippen MR) is 110 cm³/mol. The van der Waals surface area contributed by atoms with E-state index in [1.807, 2.05) is 54.6 Å². The topological polar surface area (TPSA) is 35.5 Å². The van der Waals surface area contributed by atoms with Crippen LogP contribution in [0.4, 0.5) is 0 Å². The minimum atomic E-state index is -1.60. The van der Waals surface area contributed by atoms with Gasteiger partial charge in [0.15, 0.2) is 0 Å². The zero-order valence-electron chi connectivity index (χ0n) is 15.0. The molecule has 5 heteroatoms. The highest BCUT2D eigenvalue weighted by Crippen LogP contribution is 2.59. The van der Waals surface area contributed by atoms with Crippen LogP contribution in [0.1, 0.15) is 18.1 Å². The zero-order chi connectivity index (χ0) is 18.7. The number of rotatable bonds is 4. The molecule has 0 saturated heterocycles. The summed E-state index contributed by atoms with van der Waals surface area (Å²) in [5, 5.41) is 0.685. The van der Waals surface area contributed by atoms with E-state index in [1.165, 1.54) is 6.08 Å². The number of halogens is 1. The third-order valence-corrected chi connectivity index (χ3v) is 6.27. The van der Waals surface area contributed by atoms with E-state index in [1.54, 1.807) is 6.92 Å². The van der Waals surface area contributed by atoms with Gasteiger partial charge < -0.3 is 8.92 Å². The molecular formula is C21H21ClO3S. The lowest BCUT2D eigenvalue weighted by molar-refractivity contribution is -0.137. The van der Waals surface area contributed by atoms with E-state index < -0.39 is 10.3 Å². The van der Waals surface area contributed by atoms with Gasteiger partial charge in [0.2, 0.25) is 0 Å². The number of hydrogen-bond acceptors (Lipinski definition) is 3. The third-order valence-electron chi connectivity index (χ3n) is 4.02. The Morgan fingerprint density at radius 2 is 1.85 bits per heavy atom. The molecular weight excluding hydrogens is 368 g/mol. The summed E-state index contributed by atoms with van der Waals surface area (Å²) in [6, 6.07) is 15.7. The molecule has 0 radical (unpaired) electrons. The highest BCUT2D eigenvalue weighted by atomic mass is 35.5. The maximum Gasteiger partial charge on any atom is 0.330 e. The van der Waals surface area contributed by atoms with Gasteiger partial charge in [0.05, 0.1) is 6.61 Å². The van der Waals surface area contributed by atoms with Gasteiger partial charge in [-0.15, -0.1) is 0 Å². The van der Waals surface area contributed by atoms with Gasteiger partial charge in [-0.05, 0) is 36.8 Å². The number of fused-ring (bicyclic) bond motifs is 1. The van der Waals surface area contributed by atoms with Gasteiger partial charge in [-0.25, -0.2) is 4.79 Å². The van der Waals surface area contributed by atoms with Crippen LogP contribution in [0.15, 0.2) is 65.6 Å². The van der Waals surface area contributed by atoms with Crippen molar-refractivity contribution < 1.29 is 13.7 Å². The molecule has 0 amide bonds. The van der Waals surface area contributed by atoms with E-state index >= 15 is 0 Å². The van der Waals surface area contributed by atoms with Gasteiger partial charge in [-0.3, -0.25) is 0 Å². The number of allylic oxidation sites excluding steroid dienone is 1. The Morgan fingerprint density at radius 3 is 2.54 bits per heavy atom. The SMILES string of the molecule is CCOC(=O)C=CC1=C(c2ccc(Cl)cc2)c2ccccc2OS1(C)C. The lowest BCUT2D eigenvalue weighted by atomic mass is 9.96. The molecule has 2 aromatic carbocycles. The second-order valence-electron chi connectivity index (χ2n) is 6.14. The van der Waals surface area contributed by atoms with Crippen LogP contribution in [0.2, 0.25) is 5.02 Å². The van der Waals surface area contributed by atoms with E-state index in [9.17, 15) is 4.79 Å². The smallest absolute Gasteiger partial charge is 0.330 e. The first kappa shape index (κ1) is 18.6.